The molecule has 1 aromatic rings. The molecule has 5 heteroatoms. The van der Waals surface area contributed by atoms with Gasteiger partial charge in [-0.05, 0) is 17.7 Å². The zero-order valence-corrected chi connectivity index (χ0v) is 10.3. The number of hydrogen-bond donors (Lipinski definition) is 3. The maximum Gasteiger partial charge on any atom is 0.186 e. The Morgan fingerprint density at radius 2 is 1.90 bits per heavy atom. The van der Waals surface area contributed by atoms with Crippen molar-refractivity contribution in [2.75, 3.05) is 0 Å². The second-order valence-corrected chi connectivity index (χ2v) is 4.57. The van der Waals surface area contributed by atoms with Gasteiger partial charge < -0.3 is 20.1 Å². The van der Waals surface area contributed by atoms with Crippen LogP contribution in [-0.4, -0.2) is 21.1 Å². The summed E-state index contributed by atoms with van der Waals surface area (Å²) in [7, 11) is 0. The Kier molecular flexibility index (Phi) is 2.48. The molecule has 1 aliphatic carbocycles. The van der Waals surface area contributed by atoms with Gasteiger partial charge in [-0.2, -0.15) is 0 Å². The lowest BCUT2D eigenvalue weighted by molar-refractivity contribution is -0.110. The van der Waals surface area contributed by atoms with Crippen molar-refractivity contribution in [3.05, 3.63) is 64.8 Å². The first-order valence-electron chi connectivity index (χ1n) is 6.51. The first-order chi connectivity index (χ1) is 9.97. The van der Waals surface area contributed by atoms with Crippen molar-refractivity contribution in [2.24, 2.45) is 0 Å². The minimum Gasteiger partial charge on any atom is -0.511 e. The van der Waals surface area contributed by atoms with Crippen molar-refractivity contribution < 1.29 is 26.2 Å². The molecule has 0 aromatic heterocycles. The number of phenols is 1. The van der Waals surface area contributed by atoms with Gasteiger partial charge in [0, 0.05) is 18.5 Å². The van der Waals surface area contributed by atoms with E-state index in [1.807, 2.05) is 0 Å². The largest absolute Gasteiger partial charge is 0.511 e. The molecule has 1 atom stereocenters. The van der Waals surface area contributed by atoms with E-state index >= 15 is 0 Å². The fraction of sp³-hybridized carbons (Fsp3) is 0.133. The molecule has 20 heavy (non-hydrogen) atoms. The summed E-state index contributed by atoms with van der Waals surface area (Å²) in [5, 5.41) is 29.1. The highest BCUT2D eigenvalue weighted by Gasteiger charge is 2.32. The molecule has 0 saturated carbocycles. The average molecular weight is 273 g/mol. The van der Waals surface area contributed by atoms with E-state index < -0.39 is 23.7 Å². The quantitative estimate of drug-likeness (QED) is 0.732. The van der Waals surface area contributed by atoms with E-state index in [9.17, 15) is 20.1 Å². The number of phenolic OH excluding ortho intramolecular Hbond substituents is 1. The van der Waals surface area contributed by atoms with Crippen molar-refractivity contribution in [1.29, 1.82) is 0 Å². The van der Waals surface area contributed by atoms with Crippen molar-refractivity contribution in [1.82, 2.24) is 0 Å². The van der Waals surface area contributed by atoms with E-state index in [2.05, 4.69) is 0 Å². The Bertz CT molecular complexity index is 712. The van der Waals surface area contributed by atoms with Gasteiger partial charge in [0.2, 0.25) is 0 Å². The third kappa shape index (κ3) is 2.03. The highest BCUT2D eigenvalue weighted by atomic mass is 16.5. The zero-order valence-electron chi connectivity index (χ0n) is 11.3. The first-order valence-corrected chi connectivity index (χ1v) is 6.01. The summed E-state index contributed by atoms with van der Waals surface area (Å²) in [5.41, 5.74) is 0.676. The van der Waals surface area contributed by atoms with Crippen LogP contribution < -0.4 is 0 Å². The van der Waals surface area contributed by atoms with Crippen molar-refractivity contribution in [3.63, 3.8) is 0 Å². The Hall–Kier alpha value is -2.69. The summed E-state index contributed by atoms with van der Waals surface area (Å²) in [6.07, 6.45) is 0.397. The highest BCUT2D eigenvalue weighted by Crippen LogP contribution is 2.39. The van der Waals surface area contributed by atoms with Crippen molar-refractivity contribution >= 4 is 5.78 Å². The summed E-state index contributed by atoms with van der Waals surface area (Å²) in [5.74, 6) is -1.23. The fourth-order valence-corrected chi connectivity index (χ4v) is 2.23. The summed E-state index contributed by atoms with van der Waals surface area (Å²) in [6, 6.07) is 5.81. The van der Waals surface area contributed by atoms with Crippen LogP contribution in [0.15, 0.2) is 59.2 Å². The smallest absolute Gasteiger partial charge is 0.186 e. The third-order valence-corrected chi connectivity index (χ3v) is 3.18. The molecule has 0 fully saturated rings. The summed E-state index contributed by atoms with van der Waals surface area (Å²) in [4.78, 5) is 11.6. The van der Waals surface area contributed by atoms with E-state index in [-0.39, 0.29) is 29.3 Å². The Labute approximate surface area is 116 Å². The molecule has 3 rings (SSSR count). The van der Waals surface area contributed by atoms with Crippen LogP contribution in [0, 0.1) is 0 Å². The van der Waals surface area contributed by atoms with Crippen molar-refractivity contribution in [2.45, 2.75) is 12.5 Å². The number of fused-ring (bicyclic) bond motifs is 1. The van der Waals surface area contributed by atoms with Crippen LogP contribution in [0.4, 0.5) is 0 Å². The minimum atomic E-state index is -0.676. The van der Waals surface area contributed by atoms with Crippen LogP contribution >= 0.6 is 0 Å². The number of rotatable bonds is 1. The topological polar surface area (TPSA) is 87.0 Å². The number of aliphatic hydroxyl groups excluding tert-OH is 2. The Balaban J connectivity index is 2.04. The van der Waals surface area contributed by atoms with Gasteiger partial charge >= 0.3 is 0 Å². The molecule has 0 amide bonds. The zero-order chi connectivity index (χ0) is 15.1. The van der Waals surface area contributed by atoms with E-state index in [4.69, 9.17) is 6.11 Å². The molecule has 102 valence electrons. The summed E-state index contributed by atoms with van der Waals surface area (Å²) < 4.78 is 13.3. The van der Waals surface area contributed by atoms with Gasteiger partial charge in [0.15, 0.2) is 5.78 Å². The van der Waals surface area contributed by atoms with Gasteiger partial charge in [-0.1, -0.05) is 12.1 Å². The van der Waals surface area contributed by atoms with Crippen LogP contribution in [0.25, 0.3) is 0 Å². The monoisotopic (exact) mass is 273 g/mol. The number of carbonyl (C=O) groups is 1. The predicted molar refractivity (Wildman–Crippen MR) is 70.0 cm³/mol. The highest BCUT2D eigenvalue weighted by molar-refractivity contribution is 6.02. The van der Waals surface area contributed by atoms with Gasteiger partial charge in [-0.3, -0.25) is 4.79 Å². The molecule has 0 spiro atoms. The minimum absolute atomic E-state index is 0.00497. The number of hydrogen-bond acceptors (Lipinski definition) is 5. The molecule has 1 heterocycles. The number of benzene rings is 1. The lowest BCUT2D eigenvalue weighted by atomic mass is 9.95. The molecule has 3 N–H and O–H groups in total. The molecule has 5 nitrogen and oxygen atoms in total. The molecular weight excluding hydrogens is 260 g/mol. The third-order valence-electron chi connectivity index (χ3n) is 3.18. The molecule has 1 aliphatic heterocycles. The standard InChI is InChI=1S/C15H12O5/c16-9-3-1-8(2-4-9)13-7-12(19)15-11(18)5-10(17)6-14(15)20-13/h1-6,13,16,18-19H,7H2/t13-/m0/s1/i6D. The molecule has 2 aliphatic rings. The Morgan fingerprint density at radius 1 is 1.20 bits per heavy atom. The van der Waals surface area contributed by atoms with E-state index in [0.717, 1.165) is 6.08 Å². The lowest BCUT2D eigenvalue weighted by Gasteiger charge is -2.29. The number of allylic oxidation sites excluding steroid dienone is 2. The number of ether oxygens (including phenoxy) is 1. The average Bonchev–Trinajstić information content (AvgIpc) is 2.44. The van der Waals surface area contributed by atoms with Crippen LogP contribution in [0.3, 0.4) is 0 Å². The number of aromatic hydroxyl groups is 1. The van der Waals surface area contributed by atoms with Crippen LogP contribution in [0.2, 0.25) is 0 Å². The molecular formula is C15H12O5. The molecule has 0 radical (unpaired) electrons. The fourth-order valence-electron chi connectivity index (χ4n) is 2.23. The van der Waals surface area contributed by atoms with E-state index in [1.54, 1.807) is 12.1 Å². The van der Waals surface area contributed by atoms with E-state index in [0.29, 0.717) is 5.56 Å². The lowest BCUT2D eigenvalue weighted by Crippen LogP contribution is -2.19. The normalized spacial score (nSPS) is 23.0. The van der Waals surface area contributed by atoms with Gasteiger partial charge in [0.05, 0.1) is 6.94 Å². The van der Waals surface area contributed by atoms with Gasteiger partial charge in [0.1, 0.15) is 29.1 Å². The predicted octanol–water partition coefficient (Wildman–Crippen LogP) is 2.57. The van der Waals surface area contributed by atoms with Gasteiger partial charge in [-0.25, -0.2) is 0 Å². The summed E-state index contributed by atoms with van der Waals surface area (Å²) >= 11 is 0. The second kappa shape index (κ2) is 4.45. The SMILES string of the molecule is [2H]C1=C2O[C@H](c3ccc(O)cc3)CC(O)=C2C(O)=CC1=O. The molecule has 0 saturated heterocycles. The molecule has 0 unspecified atom stereocenters. The number of ketones is 1. The number of aliphatic hydroxyl groups is 2. The van der Waals surface area contributed by atoms with E-state index in [1.165, 1.54) is 12.1 Å². The number of carbonyl (C=O) groups excluding carboxylic acids is 1. The maximum atomic E-state index is 11.6. The molecule has 1 aromatic carbocycles. The Morgan fingerprint density at radius 3 is 2.60 bits per heavy atom. The van der Waals surface area contributed by atoms with Crippen LogP contribution in [0.5, 0.6) is 5.75 Å². The maximum absolute atomic E-state index is 11.6. The van der Waals surface area contributed by atoms with Crippen LogP contribution in [0.1, 0.15) is 19.5 Å². The molecule has 0 bridgehead atoms. The first kappa shape index (κ1) is 11.2. The van der Waals surface area contributed by atoms with Gasteiger partial charge in [-0.15, -0.1) is 0 Å². The second-order valence-electron chi connectivity index (χ2n) is 4.57. The van der Waals surface area contributed by atoms with Gasteiger partial charge in [0.25, 0.3) is 0 Å². The van der Waals surface area contributed by atoms with Crippen molar-refractivity contribution in [3.8, 4) is 5.75 Å². The summed E-state index contributed by atoms with van der Waals surface area (Å²) in [6.45, 7) is 0. The van der Waals surface area contributed by atoms with Crippen LogP contribution in [-0.2, 0) is 9.53 Å².